The molecule has 4 nitrogen and oxygen atoms in total. The van der Waals surface area contributed by atoms with Crippen LogP contribution in [0.4, 0.5) is 0 Å². The first kappa shape index (κ1) is 13.0. The third kappa shape index (κ3) is 2.37. The fourth-order valence-corrected chi connectivity index (χ4v) is 2.09. The van der Waals surface area contributed by atoms with E-state index in [1.165, 1.54) is 0 Å². The number of aliphatic hydroxyl groups excluding tert-OH is 1. The summed E-state index contributed by atoms with van der Waals surface area (Å²) in [6, 6.07) is 8.74. The molecule has 0 spiro atoms. The molecule has 18 heavy (non-hydrogen) atoms. The normalized spacial score (nSPS) is 12.2. The first-order valence-corrected chi connectivity index (χ1v) is 6.11. The molecule has 1 aromatic heterocycles. The molecular formula is C13H13BrO4. The van der Waals surface area contributed by atoms with E-state index in [-0.39, 0.29) is 0 Å². The standard InChI is InChI=1S/C13H13BrO4/c1-16-8-4-3-5-9(17-2)12(8)13(15)10-6-7-11(14)18-10/h3-7,13,15H,1-2H3. The molecule has 5 heteroatoms. The third-order valence-corrected chi connectivity index (χ3v) is 3.03. The highest BCUT2D eigenvalue weighted by Crippen LogP contribution is 2.38. The van der Waals surface area contributed by atoms with Crippen LogP contribution >= 0.6 is 15.9 Å². The predicted molar refractivity (Wildman–Crippen MR) is 70.0 cm³/mol. The number of hydrogen-bond donors (Lipinski definition) is 1. The van der Waals surface area contributed by atoms with Crippen LogP contribution in [0.15, 0.2) is 39.4 Å². The summed E-state index contributed by atoms with van der Waals surface area (Å²) in [6.45, 7) is 0. The largest absolute Gasteiger partial charge is 0.496 e. The van der Waals surface area contributed by atoms with Gasteiger partial charge in [-0.05, 0) is 40.2 Å². The lowest BCUT2D eigenvalue weighted by Gasteiger charge is -2.16. The Hall–Kier alpha value is -1.46. The van der Waals surface area contributed by atoms with Crippen LogP contribution in [0.2, 0.25) is 0 Å². The minimum absolute atomic E-state index is 0.421. The van der Waals surface area contributed by atoms with E-state index in [4.69, 9.17) is 13.9 Å². The maximum atomic E-state index is 10.4. The summed E-state index contributed by atoms with van der Waals surface area (Å²) >= 11 is 3.20. The summed E-state index contributed by atoms with van der Waals surface area (Å²) in [5.74, 6) is 1.52. The molecular weight excluding hydrogens is 300 g/mol. The van der Waals surface area contributed by atoms with Gasteiger partial charge in [0, 0.05) is 0 Å². The van der Waals surface area contributed by atoms with Crippen molar-refractivity contribution in [2.45, 2.75) is 6.10 Å². The van der Waals surface area contributed by atoms with Crippen LogP contribution < -0.4 is 9.47 Å². The minimum atomic E-state index is -0.942. The van der Waals surface area contributed by atoms with Crippen LogP contribution in [0.5, 0.6) is 11.5 Å². The van der Waals surface area contributed by atoms with Crippen molar-refractivity contribution in [2.24, 2.45) is 0 Å². The average molecular weight is 313 g/mol. The van der Waals surface area contributed by atoms with Crippen molar-refractivity contribution in [2.75, 3.05) is 14.2 Å². The van der Waals surface area contributed by atoms with Crippen LogP contribution in [0.1, 0.15) is 17.4 Å². The van der Waals surface area contributed by atoms with Crippen molar-refractivity contribution in [3.8, 4) is 11.5 Å². The van der Waals surface area contributed by atoms with Gasteiger partial charge in [0.15, 0.2) is 4.67 Å². The van der Waals surface area contributed by atoms with Crippen molar-refractivity contribution >= 4 is 15.9 Å². The lowest BCUT2D eigenvalue weighted by atomic mass is 10.0. The Morgan fingerprint density at radius 1 is 1.11 bits per heavy atom. The first-order valence-electron chi connectivity index (χ1n) is 5.31. The number of halogens is 1. The fourth-order valence-electron chi connectivity index (χ4n) is 1.77. The molecule has 2 rings (SSSR count). The molecule has 1 aromatic carbocycles. The number of ether oxygens (including phenoxy) is 2. The quantitative estimate of drug-likeness (QED) is 0.942. The van der Waals surface area contributed by atoms with Crippen LogP contribution in [-0.2, 0) is 0 Å². The third-order valence-electron chi connectivity index (χ3n) is 2.60. The molecule has 96 valence electrons. The Kier molecular flexibility index (Phi) is 3.93. The summed E-state index contributed by atoms with van der Waals surface area (Å²) in [5, 5.41) is 10.4. The molecule has 0 bridgehead atoms. The maximum Gasteiger partial charge on any atom is 0.169 e. The molecule has 2 aromatic rings. The van der Waals surface area contributed by atoms with Crippen molar-refractivity contribution in [3.63, 3.8) is 0 Å². The van der Waals surface area contributed by atoms with E-state index < -0.39 is 6.10 Å². The lowest BCUT2D eigenvalue weighted by Crippen LogP contribution is -2.04. The van der Waals surface area contributed by atoms with E-state index in [0.717, 1.165) is 0 Å². The molecule has 0 amide bonds. The van der Waals surface area contributed by atoms with Crippen LogP contribution in [0.25, 0.3) is 0 Å². The first-order chi connectivity index (χ1) is 8.67. The number of aliphatic hydroxyl groups is 1. The lowest BCUT2D eigenvalue weighted by molar-refractivity contribution is 0.179. The van der Waals surface area contributed by atoms with Gasteiger partial charge in [-0.3, -0.25) is 0 Å². The molecule has 0 aliphatic heterocycles. The van der Waals surface area contributed by atoms with E-state index in [0.29, 0.717) is 27.5 Å². The van der Waals surface area contributed by atoms with E-state index in [1.807, 2.05) is 0 Å². The zero-order valence-electron chi connectivity index (χ0n) is 10.0. The number of rotatable bonds is 4. The van der Waals surface area contributed by atoms with Gasteiger partial charge in [0.05, 0.1) is 19.8 Å². The molecule has 0 aliphatic rings. The number of hydrogen-bond acceptors (Lipinski definition) is 4. The van der Waals surface area contributed by atoms with Gasteiger partial charge in [0.1, 0.15) is 23.4 Å². The van der Waals surface area contributed by atoms with Gasteiger partial charge in [-0.15, -0.1) is 0 Å². The van der Waals surface area contributed by atoms with E-state index in [9.17, 15) is 5.11 Å². The molecule has 0 saturated heterocycles. The highest BCUT2D eigenvalue weighted by molar-refractivity contribution is 9.10. The van der Waals surface area contributed by atoms with Gasteiger partial charge in [-0.25, -0.2) is 0 Å². The monoisotopic (exact) mass is 312 g/mol. The van der Waals surface area contributed by atoms with Gasteiger partial charge >= 0.3 is 0 Å². The van der Waals surface area contributed by atoms with Crippen molar-refractivity contribution in [1.29, 1.82) is 0 Å². The van der Waals surface area contributed by atoms with Crippen molar-refractivity contribution in [3.05, 3.63) is 46.3 Å². The van der Waals surface area contributed by atoms with Crippen molar-refractivity contribution < 1.29 is 19.0 Å². The Morgan fingerprint density at radius 3 is 2.17 bits per heavy atom. The van der Waals surface area contributed by atoms with Crippen LogP contribution in [0, 0.1) is 0 Å². The average Bonchev–Trinajstić information content (AvgIpc) is 2.83. The number of furan rings is 1. The Balaban J connectivity index is 2.48. The molecule has 0 saturated carbocycles. The van der Waals surface area contributed by atoms with E-state index >= 15 is 0 Å². The Labute approximate surface area is 113 Å². The second-order valence-electron chi connectivity index (χ2n) is 3.62. The second-order valence-corrected chi connectivity index (χ2v) is 4.40. The fraction of sp³-hybridized carbons (Fsp3) is 0.231. The van der Waals surface area contributed by atoms with Gasteiger partial charge in [0.2, 0.25) is 0 Å². The minimum Gasteiger partial charge on any atom is -0.496 e. The maximum absolute atomic E-state index is 10.4. The summed E-state index contributed by atoms with van der Waals surface area (Å²) in [4.78, 5) is 0. The highest BCUT2D eigenvalue weighted by atomic mass is 79.9. The van der Waals surface area contributed by atoms with Crippen LogP contribution in [0.3, 0.4) is 0 Å². The smallest absolute Gasteiger partial charge is 0.169 e. The van der Waals surface area contributed by atoms with E-state index in [2.05, 4.69) is 15.9 Å². The molecule has 1 unspecified atom stereocenters. The van der Waals surface area contributed by atoms with Gasteiger partial charge < -0.3 is 19.0 Å². The summed E-state index contributed by atoms with van der Waals surface area (Å²) in [7, 11) is 3.09. The molecule has 1 heterocycles. The van der Waals surface area contributed by atoms with E-state index in [1.54, 1.807) is 44.6 Å². The topological polar surface area (TPSA) is 51.8 Å². The van der Waals surface area contributed by atoms with Gasteiger partial charge in [-0.1, -0.05) is 6.07 Å². The molecule has 1 atom stereocenters. The Bertz CT molecular complexity index is 513. The van der Waals surface area contributed by atoms with Gasteiger partial charge in [0.25, 0.3) is 0 Å². The van der Waals surface area contributed by atoms with Crippen molar-refractivity contribution in [1.82, 2.24) is 0 Å². The zero-order valence-corrected chi connectivity index (χ0v) is 11.6. The highest BCUT2D eigenvalue weighted by Gasteiger charge is 2.22. The molecule has 0 aliphatic carbocycles. The van der Waals surface area contributed by atoms with Crippen LogP contribution in [-0.4, -0.2) is 19.3 Å². The summed E-state index contributed by atoms with van der Waals surface area (Å²) < 4.78 is 16.4. The molecule has 1 N–H and O–H groups in total. The molecule has 0 fully saturated rings. The summed E-state index contributed by atoms with van der Waals surface area (Å²) in [5.41, 5.74) is 0.546. The zero-order chi connectivity index (χ0) is 13.1. The number of methoxy groups -OCH3 is 2. The number of benzene rings is 1. The Morgan fingerprint density at radius 2 is 1.72 bits per heavy atom. The summed E-state index contributed by atoms with van der Waals surface area (Å²) in [6.07, 6.45) is -0.942. The second kappa shape index (κ2) is 5.46. The SMILES string of the molecule is COc1cccc(OC)c1C(O)c1ccc(Br)o1. The van der Waals surface area contributed by atoms with Gasteiger partial charge in [-0.2, -0.15) is 0 Å². The molecule has 0 radical (unpaired) electrons. The predicted octanol–water partition coefficient (Wildman–Crippen LogP) is 3.14.